The molecule has 0 aliphatic rings. The Morgan fingerprint density at radius 3 is 2.36 bits per heavy atom. The minimum absolute atomic E-state index is 0.156. The molecule has 3 rings (SSSR count). The molecule has 1 unspecified atom stereocenters. The molecular formula is C26H27ClN2O4. The zero-order valence-electron chi connectivity index (χ0n) is 19.1. The lowest BCUT2D eigenvalue weighted by molar-refractivity contribution is -0.114. The molecule has 1 N–H and O–H groups in total. The van der Waals surface area contributed by atoms with Gasteiger partial charge in [0.2, 0.25) is 5.91 Å². The smallest absolute Gasteiger partial charge is 0.254 e. The second-order valence-electron chi connectivity index (χ2n) is 7.59. The van der Waals surface area contributed by atoms with Gasteiger partial charge >= 0.3 is 0 Å². The largest absolute Gasteiger partial charge is 0.493 e. The number of nitrogens with one attached hydrogen (secondary N) is 1. The Labute approximate surface area is 199 Å². The van der Waals surface area contributed by atoms with E-state index in [-0.39, 0.29) is 17.9 Å². The van der Waals surface area contributed by atoms with E-state index < -0.39 is 0 Å². The Hall–Kier alpha value is -3.51. The molecule has 0 aliphatic heterocycles. The summed E-state index contributed by atoms with van der Waals surface area (Å²) in [5, 5.41) is 3.09. The monoisotopic (exact) mass is 466 g/mol. The molecule has 7 heteroatoms. The van der Waals surface area contributed by atoms with Crippen LogP contribution in [0, 0.1) is 0 Å². The predicted octanol–water partition coefficient (Wildman–Crippen LogP) is 5.72. The molecule has 2 amide bonds. The molecule has 3 aromatic rings. The van der Waals surface area contributed by atoms with Gasteiger partial charge in [-0.3, -0.25) is 9.59 Å². The summed E-state index contributed by atoms with van der Waals surface area (Å²) in [5.41, 5.74) is 2.94. The highest BCUT2D eigenvalue weighted by molar-refractivity contribution is 6.32. The molecule has 0 fully saturated rings. The Kier molecular flexibility index (Phi) is 7.96. The molecule has 0 radical (unpaired) electrons. The van der Waals surface area contributed by atoms with Crippen LogP contribution in [0.3, 0.4) is 0 Å². The summed E-state index contributed by atoms with van der Waals surface area (Å²) in [6.45, 7) is 3.80. The van der Waals surface area contributed by atoms with E-state index in [1.165, 1.54) is 21.1 Å². The van der Waals surface area contributed by atoms with Crippen LogP contribution in [0.5, 0.6) is 11.5 Å². The van der Waals surface area contributed by atoms with Crippen LogP contribution in [0.4, 0.5) is 5.69 Å². The van der Waals surface area contributed by atoms with Crippen molar-refractivity contribution in [2.75, 3.05) is 19.5 Å². The van der Waals surface area contributed by atoms with Crippen LogP contribution >= 0.6 is 11.6 Å². The van der Waals surface area contributed by atoms with Gasteiger partial charge in [-0.15, -0.1) is 0 Å². The quantitative estimate of drug-likeness (QED) is 0.461. The number of nitrogens with zero attached hydrogens (tertiary/aromatic N) is 1. The van der Waals surface area contributed by atoms with Crippen molar-refractivity contribution < 1.29 is 19.1 Å². The number of ether oxygens (including phenoxy) is 2. The van der Waals surface area contributed by atoms with Gasteiger partial charge in [0.05, 0.1) is 25.3 Å². The number of anilines is 1. The van der Waals surface area contributed by atoms with Gasteiger partial charge in [0.25, 0.3) is 5.91 Å². The second-order valence-corrected chi connectivity index (χ2v) is 8.00. The summed E-state index contributed by atoms with van der Waals surface area (Å²) in [7, 11) is 3.00. The van der Waals surface area contributed by atoms with Gasteiger partial charge in [-0.25, -0.2) is 0 Å². The number of methoxy groups -OCH3 is 2. The van der Waals surface area contributed by atoms with E-state index in [1.54, 1.807) is 17.0 Å². The molecule has 0 spiro atoms. The molecule has 0 heterocycles. The fourth-order valence-electron chi connectivity index (χ4n) is 3.63. The summed E-state index contributed by atoms with van der Waals surface area (Å²) in [6, 6.07) is 20.2. The van der Waals surface area contributed by atoms with Crippen molar-refractivity contribution in [1.29, 1.82) is 0 Å². The van der Waals surface area contributed by atoms with E-state index in [9.17, 15) is 9.59 Å². The highest BCUT2D eigenvalue weighted by atomic mass is 35.5. The fraction of sp³-hybridized carbons (Fsp3) is 0.231. The number of hydrogen-bond acceptors (Lipinski definition) is 4. The number of hydrogen-bond donors (Lipinski definition) is 1. The third-order valence-corrected chi connectivity index (χ3v) is 5.57. The van der Waals surface area contributed by atoms with E-state index in [2.05, 4.69) is 5.32 Å². The first-order valence-electron chi connectivity index (χ1n) is 10.5. The second kappa shape index (κ2) is 10.9. The first-order valence-corrected chi connectivity index (χ1v) is 10.9. The van der Waals surface area contributed by atoms with Gasteiger partial charge < -0.3 is 19.7 Å². The van der Waals surface area contributed by atoms with E-state index in [1.807, 2.05) is 61.5 Å². The van der Waals surface area contributed by atoms with Gasteiger partial charge in [-0.05, 0) is 42.3 Å². The maximum absolute atomic E-state index is 13.7. The molecule has 0 saturated carbocycles. The lowest BCUT2D eigenvalue weighted by Crippen LogP contribution is -2.33. The SMILES string of the molecule is COc1cc(C(=O)N(Cc2ccccc2)C(C)c2cccc(NC(C)=O)c2)cc(Cl)c1OC. The average Bonchev–Trinajstić information content (AvgIpc) is 2.81. The molecule has 33 heavy (non-hydrogen) atoms. The van der Waals surface area contributed by atoms with E-state index >= 15 is 0 Å². The molecule has 0 aromatic heterocycles. The van der Waals surface area contributed by atoms with Gasteiger partial charge in [0.1, 0.15) is 0 Å². The lowest BCUT2D eigenvalue weighted by Gasteiger charge is -2.30. The molecule has 6 nitrogen and oxygen atoms in total. The van der Waals surface area contributed by atoms with Crippen molar-refractivity contribution in [3.05, 3.63) is 88.4 Å². The average molecular weight is 467 g/mol. The molecule has 172 valence electrons. The third kappa shape index (κ3) is 5.84. The highest BCUT2D eigenvalue weighted by Gasteiger charge is 2.25. The van der Waals surface area contributed by atoms with Gasteiger partial charge in [0.15, 0.2) is 11.5 Å². The number of halogens is 1. The van der Waals surface area contributed by atoms with Gasteiger partial charge in [-0.2, -0.15) is 0 Å². The first-order chi connectivity index (χ1) is 15.8. The van der Waals surface area contributed by atoms with Crippen LogP contribution in [0.25, 0.3) is 0 Å². The number of carbonyl (C=O) groups excluding carboxylic acids is 2. The highest BCUT2D eigenvalue weighted by Crippen LogP contribution is 2.37. The Morgan fingerprint density at radius 2 is 1.73 bits per heavy atom. The maximum atomic E-state index is 13.7. The van der Waals surface area contributed by atoms with Crippen LogP contribution in [0.2, 0.25) is 5.02 Å². The summed E-state index contributed by atoms with van der Waals surface area (Å²) >= 11 is 6.37. The molecule has 3 aromatic carbocycles. The molecule has 0 saturated heterocycles. The van der Waals surface area contributed by atoms with Crippen LogP contribution in [-0.4, -0.2) is 30.9 Å². The third-order valence-electron chi connectivity index (χ3n) is 5.29. The van der Waals surface area contributed by atoms with Crippen LogP contribution in [-0.2, 0) is 11.3 Å². The molecule has 0 bridgehead atoms. The predicted molar refractivity (Wildman–Crippen MR) is 130 cm³/mol. The van der Waals surface area contributed by atoms with E-state index in [0.29, 0.717) is 34.3 Å². The van der Waals surface area contributed by atoms with Crippen molar-refractivity contribution in [1.82, 2.24) is 4.90 Å². The van der Waals surface area contributed by atoms with Crippen molar-refractivity contribution in [3.8, 4) is 11.5 Å². The normalized spacial score (nSPS) is 11.4. The molecule has 1 atom stereocenters. The van der Waals surface area contributed by atoms with Crippen LogP contribution in [0.15, 0.2) is 66.7 Å². The summed E-state index contributed by atoms with van der Waals surface area (Å²) in [5.74, 6) is 0.394. The minimum atomic E-state index is -0.293. The summed E-state index contributed by atoms with van der Waals surface area (Å²) in [4.78, 5) is 27.0. The Balaban J connectivity index is 2.02. The van der Waals surface area contributed by atoms with Gasteiger partial charge in [-0.1, -0.05) is 54.1 Å². The minimum Gasteiger partial charge on any atom is -0.493 e. The number of carbonyl (C=O) groups is 2. The lowest BCUT2D eigenvalue weighted by atomic mass is 10.0. The topological polar surface area (TPSA) is 67.9 Å². The number of benzene rings is 3. The van der Waals surface area contributed by atoms with Crippen molar-refractivity contribution in [2.45, 2.75) is 26.4 Å². The maximum Gasteiger partial charge on any atom is 0.254 e. The fourth-order valence-corrected chi connectivity index (χ4v) is 3.92. The van der Waals surface area contributed by atoms with Crippen molar-refractivity contribution >= 4 is 29.1 Å². The van der Waals surface area contributed by atoms with Crippen molar-refractivity contribution in [2.24, 2.45) is 0 Å². The zero-order valence-corrected chi connectivity index (χ0v) is 19.8. The Bertz CT molecular complexity index is 1130. The van der Waals surface area contributed by atoms with E-state index in [0.717, 1.165) is 11.1 Å². The summed E-state index contributed by atoms with van der Waals surface area (Å²) in [6.07, 6.45) is 0. The number of amides is 2. The summed E-state index contributed by atoms with van der Waals surface area (Å²) < 4.78 is 10.7. The number of rotatable bonds is 8. The first kappa shape index (κ1) is 24.1. The van der Waals surface area contributed by atoms with Crippen LogP contribution < -0.4 is 14.8 Å². The standard InChI is InChI=1S/C26H27ClN2O4/c1-17(20-11-8-12-22(13-20)28-18(2)30)29(16-19-9-6-5-7-10-19)26(31)21-14-23(27)25(33-4)24(15-21)32-3/h5-15,17H,16H2,1-4H3,(H,28,30). The molecule has 0 aliphatic carbocycles. The molecular weight excluding hydrogens is 440 g/mol. The van der Waals surface area contributed by atoms with E-state index in [4.69, 9.17) is 21.1 Å². The Morgan fingerprint density at radius 1 is 1.00 bits per heavy atom. The van der Waals surface area contributed by atoms with Gasteiger partial charge in [0, 0.05) is 24.7 Å². The van der Waals surface area contributed by atoms with Crippen LogP contribution in [0.1, 0.15) is 41.4 Å². The van der Waals surface area contributed by atoms with Crippen molar-refractivity contribution in [3.63, 3.8) is 0 Å². The zero-order chi connectivity index (χ0) is 24.0.